The van der Waals surface area contributed by atoms with Gasteiger partial charge in [0.25, 0.3) is 5.56 Å². The molecule has 2 aliphatic rings. The number of carbonyl (C=O) groups is 1. The summed E-state index contributed by atoms with van der Waals surface area (Å²) in [5.41, 5.74) is 1.97. The number of aromatic nitrogens is 2. The van der Waals surface area contributed by atoms with Gasteiger partial charge in [-0.1, -0.05) is 23.4 Å². The third kappa shape index (κ3) is 3.67. The summed E-state index contributed by atoms with van der Waals surface area (Å²) >= 11 is 9.29. The Morgan fingerprint density at radius 2 is 1.87 bits per heavy atom. The molecule has 1 saturated heterocycles. The van der Waals surface area contributed by atoms with Crippen molar-refractivity contribution in [3.05, 3.63) is 50.1 Å². The van der Waals surface area contributed by atoms with Crippen LogP contribution in [-0.2, 0) is 17.6 Å². The number of benzene rings is 1. The van der Waals surface area contributed by atoms with E-state index in [1.54, 1.807) is 39.8 Å². The van der Waals surface area contributed by atoms with Gasteiger partial charge in [-0.25, -0.2) is 4.98 Å². The molecule has 156 valence electrons. The van der Waals surface area contributed by atoms with Gasteiger partial charge in [0.1, 0.15) is 4.83 Å². The molecule has 0 bridgehead atoms. The van der Waals surface area contributed by atoms with Gasteiger partial charge in [0.05, 0.1) is 11.1 Å². The lowest BCUT2D eigenvalue weighted by molar-refractivity contribution is -0.127. The van der Waals surface area contributed by atoms with E-state index < -0.39 is 0 Å². The first-order chi connectivity index (χ1) is 14.6. The maximum atomic E-state index is 13.7. The van der Waals surface area contributed by atoms with E-state index in [0.717, 1.165) is 48.1 Å². The number of thioether (sulfide) groups is 1. The predicted molar refractivity (Wildman–Crippen MR) is 123 cm³/mol. The van der Waals surface area contributed by atoms with Crippen molar-refractivity contribution in [1.82, 2.24) is 14.5 Å². The molecule has 0 radical (unpaired) electrons. The van der Waals surface area contributed by atoms with E-state index in [0.29, 0.717) is 28.9 Å². The molecular weight excluding hydrogens is 438 g/mol. The zero-order valence-corrected chi connectivity index (χ0v) is 18.9. The van der Waals surface area contributed by atoms with Crippen molar-refractivity contribution in [2.75, 3.05) is 18.8 Å². The van der Waals surface area contributed by atoms with Crippen LogP contribution in [0.25, 0.3) is 15.9 Å². The fourth-order valence-electron chi connectivity index (χ4n) is 4.29. The van der Waals surface area contributed by atoms with Crippen molar-refractivity contribution >= 4 is 50.8 Å². The smallest absolute Gasteiger partial charge is 0.267 e. The van der Waals surface area contributed by atoms with Crippen LogP contribution < -0.4 is 5.56 Å². The highest BCUT2D eigenvalue weighted by Crippen LogP contribution is 2.35. The molecule has 0 saturated carbocycles. The molecule has 3 heterocycles. The molecule has 30 heavy (non-hydrogen) atoms. The lowest BCUT2D eigenvalue weighted by Gasteiger charge is -2.16. The zero-order valence-electron chi connectivity index (χ0n) is 16.5. The van der Waals surface area contributed by atoms with Gasteiger partial charge in [0, 0.05) is 35.2 Å². The minimum Gasteiger partial charge on any atom is -0.342 e. The number of rotatable bonds is 5. The Kier molecular flexibility index (Phi) is 5.60. The van der Waals surface area contributed by atoms with Crippen LogP contribution in [0.15, 0.2) is 34.2 Å². The molecular formula is C22H22ClN3O2S2. The number of aryl methyl sites for hydroxylation is 2. The molecule has 5 rings (SSSR count). The number of fused-ring (bicyclic) bond motifs is 3. The van der Waals surface area contributed by atoms with E-state index in [2.05, 4.69) is 0 Å². The highest BCUT2D eigenvalue weighted by Gasteiger charge is 2.24. The molecule has 3 aromatic rings. The average Bonchev–Trinajstić information content (AvgIpc) is 3.32. The van der Waals surface area contributed by atoms with Crippen LogP contribution >= 0.6 is 34.7 Å². The topological polar surface area (TPSA) is 55.2 Å². The van der Waals surface area contributed by atoms with Gasteiger partial charge in [0.2, 0.25) is 5.91 Å². The summed E-state index contributed by atoms with van der Waals surface area (Å²) in [5, 5.41) is 2.10. The van der Waals surface area contributed by atoms with Gasteiger partial charge < -0.3 is 4.90 Å². The molecule has 0 atom stereocenters. The monoisotopic (exact) mass is 459 g/mol. The van der Waals surface area contributed by atoms with Crippen LogP contribution in [-0.4, -0.2) is 39.2 Å². The van der Waals surface area contributed by atoms with E-state index >= 15 is 0 Å². The van der Waals surface area contributed by atoms with Crippen LogP contribution in [0.2, 0.25) is 5.02 Å². The standard InChI is InChI=1S/C22H22ClN3O2S2/c23-14-7-9-15(10-8-14)26-21(28)19-16-4-1-2-5-17(16)30-20(19)24-22(26)29-13-12-25-11-3-6-18(25)27/h7-10H,1-6,11-13H2. The van der Waals surface area contributed by atoms with E-state index in [-0.39, 0.29) is 11.5 Å². The summed E-state index contributed by atoms with van der Waals surface area (Å²) in [6.07, 6.45) is 5.87. The molecule has 0 unspecified atom stereocenters. The maximum absolute atomic E-state index is 13.7. The molecule has 2 aromatic heterocycles. The lowest BCUT2D eigenvalue weighted by Crippen LogP contribution is -2.27. The van der Waals surface area contributed by atoms with Crippen molar-refractivity contribution in [1.29, 1.82) is 0 Å². The second-order valence-electron chi connectivity index (χ2n) is 7.74. The Hall–Kier alpha value is -1.83. The highest BCUT2D eigenvalue weighted by molar-refractivity contribution is 7.99. The number of amides is 1. The summed E-state index contributed by atoms with van der Waals surface area (Å²) < 4.78 is 1.72. The summed E-state index contributed by atoms with van der Waals surface area (Å²) in [5.74, 6) is 0.933. The predicted octanol–water partition coefficient (Wildman–Crippen LogP) is 4.69. The van der Waals surface area contributed by atoms with Crippen LogP contribution in [0.3, 0.4) is 0 Å². The third-order valence-corrected chi connectivity index (χ3v) is 8.16. The van der Waals surface area contributed by atoms with Crippen LogP contribution in [0, 0.1) is 0 Å². The summed E-state index contributed by atoms with van der Waals surface area (Å²) in [4.78, 5) is 34.6. The van der Waals surface area contributed by atoms with Crippen LogP contribution in [0.4, 0.5) is 0 Å². The zero-order chi connectivity index (χ0) is 20.7. The fraction of sp³-hybridized carbons (Fsp3) is 0.409. The van der Waals surface area contributed by atoms with Gasteiger partial charge in [-0.15, -0.1) is 11.3 Å². The molecule has 5 nitrogen and oxygen atoms in total. The summed E-state index contributed by atoms with van der Waals surface area (Å²) in [6, 6.07) is 7.33. The molecule has 1 aliphatic heterocycles. The SMILES string of the molecule is O=C1CCCN1CCSc1nc2sc3c(c2c(=O)n1-c1ccc(Cl)cc1)CCCC3. The van der Waals surface area contributed by atoms with Crippen molar-refractivity contribution in [2.24, 2.45) is 0 Å². The maximum Gasteiger partial charge on any atom is 0.267 e. The molecule has 8 heteroatoms. The van der Waals surface area contributed by atoms with Crippen molar-refractivity contribution in [2.45, 2.75) is 43.7 Å². The second-order valence-corrected chi connectivity index (χ2v) is 10.3. The van der Waals surface area contributed by atoms with E-state index in [1.807, 2.05) is 17.0 Å². The van der Waals surface area contributed by atoms with Gasteiger partial charge in [-0.05, 0) is 61.9 Å². The number of likely N-dealkylation sites (tertiary alicyclic amines) is 1. The molecule has 1 aliphatic carbocycles. The first-order valence-corrected chi connectivity index (χ1v) is 12.5. The van der Waals surface area contributed by atoms with Crippen molar-refractivity contribution < 1.29 is 4.79 Å². The molecule has 1 fully saturated rings. The van der Waals surface area contributed by atoms with Crippen molar-refractivity contribution in [3.63, 3.8) is 0 Å². The Morgan fingerprint density at radius 1 is 1.07 bits per heavy atom. The van der Waals surface area contributed by atoms with Gasteiger partial charge in [-0.2, -0.15) is 0 Å². The fourth-order valence-corrected chi connectivity index (χ4v) is 6.69. The lowest BCUT2D eigenvalue weighted by atomic mass is 9.97. The first kappa shape index (κ1) is 20.1. The third-order valence-electron chi connectivity index (χ3n) is 5.81. The van der Waals surface area contributed by atoms with E-state index in [4.69, 9.17) is 16.6 Å². The quantitative estimate of drug-likeness (QED) is 0.410. The number of nitrogens with zero attached hydrogens (tertiary/aromatic N) is 3. The van der Waals surface area contributed by atoms with Crippen molar-refractivity contribution in [3.8, 4) is 5.69 Å². The van der Waals surface area contributed by atoms with Gasteiger partial charge in [-0.3, -0.25) is 14.2 Å². The second kappa shape index (κ2) is 8.36. The number of hydrogen-bond donors (Lipinski definition) is 0. The molecule has 1 aromatic carbocycles. The normalized spacial score (nSPS) is 16.4. The minimum atomic E-state index is 0.00136. The van der Waals surface area contributed by atoms with Gasteiger partial charge >= 0.3 is 0 Å². The Bertz CT molecular complexity index is 1170. The van der Waals surface area contributed by atoms with E-state index in [9.17, 15) is 9.59 Å². The first-order valence-electron chi connectivity index (χ1n) is 10.4. The average molecular weight is 460 g/mol. The number of hydrogen-bond acceptors (Lipinski definition) is 5. The molecule has 0 spiro atoms. The molecule has 1 amide bonds. The Labute approximate surface area is 188 Å². The number of carbonyl (C=O) groups excluding carboxylic acids is 1. The number of thiophene rings is 1. The number of halogens is 1. The Morgan fingerprint density at radius 3 is 2.63 bits per heavy atom. The summed E-state index contributed by atoms with van der Waals surface area (Å²) in [7, 11) is 0. The summed E-state index contributed by atoms with van der Waals surface area (Å²) in [6.45, 7) is 1.51. The van der Waals surface area contributed by atoms with Crippen LogP contribution in [0.5, 0.6) is 0 Å². The largest absolute Gasteiger partial charge is 0.342 e. The highest BCUT2D eigenvalue weighted by atomic mass is 35.5. The van der Waals surface area contributed by atoms with Crippen LogP contribution in [0.1, 0.15) is 36.1 Å². The van der Waals surface area contributed by atoms with E-state index in [1.165, 1.54) is 16.9 Å². The minimum absolute atomic E-state index is 0.00136. The molecule has 0 N–H and O–H groups in total. The van der Waals surface area contributed by atoms with Gasteiger partial charge in [0.15, 0.2) is 5.16 Å². The Balaban J connectivity index is 1.56.